The molecule has 8 nitrogen and oxygen atoms in total. The van der Waals surface area contributed by atoms with Crippen LogP contribution in [0.15, 0.2) is 0 Å². The van der Waals surface area contributed by atoms with E-state index in [1.54, 1.807) is 0 Å². The summed E-state index contributed by atoms with van der Waals surface area (Å²) < 4.78 is 0. The average molecular weight is 516 g/mol. The predicted molar refractivity (Wildman–Crippen MR) is 148 cm³/mol. The lowest BCUT2D eigenvalue weighted by Gasteiger charge is -2.09. The second-order valence-electron chi connectivity index (χ2n) is 10.1. The van der Waals surface area contributed by atoms with Crippen LogP contribution < -0.4 is 11.1 Å². The van der Waals surface area contributed by atoms with E-state index in [1.807, 2.05) is 0 Å². The molecule has 1 amide bonds. The highest BCUT2D eigenvalue weighted by Gasteiger charge is 2.12. The molecule has 0 fully saturated rings. The lowest BCUT2D eigenvalue weighted by Crippen LogP contribution is -2.30. The van der Waals surface area contributed by atoms with Crippen molar-refractivity contribution < 1.29 is 24.6 Å². The van der Waals surface area contributed by atoms with Crippen LogP contribution in [0.1, 0.15) is 129 Å². The Kier molecular flexibility index (Phi) is 28.3. The summed E-state index contributed by atoms with van der Waals surface area (Å²) in [6, 6.07) is -1.06. The molecule has 0 aliphatic heterocycles. The van der Waals surface area contributed by atoms with E-state index < -0.39 is 18.0 Å². The highest BCUT2D eigenvalue weighted by atomic mass is 16.4. The third kappa shape index (κ3) is 32.3. The van der Waals surface area contributed by atoms with Gasteiger partial charge in [0.1, 0.15) is 6.04 Å². The van der Waals surface area contributed by atoms with Gasteiger partial charge in [0.05, 0.1) is 0 Å². The molecule has 0 saturated heterocycles. The molecule has 8 heteroatoms. The van der Waals surface area contributed by atoms with Gasteiger partial charge in [-0.3, -0.25) is 14.4 Å². The molecule has 0 radical (unpaired) electrons. The van der Waals surface area contributed by atoms with Crippen molar-refractivity contribution >= 4 is 17.8 Å². The zero-order valence-corrected chi connectivity index (χ0v) is 23.6. The van der Waals surface area contributed by atoms with Gasteiger partial charge >= 0.3 is 11.9 Å². The Balaban J connectivity index is 0. The van der Waals surface area contributed by atoms with Gasteiger partial charge < -0.3 is 26.2 Å². The molecule has 214 valence electrons. The number of aliphatic carboxylic acids is 2. The molecule has 0 aromatic carbocycles. The molecule has 0 saturated carbocycles. The SMILES string of the molecule is CCCCCCCCCCCCCCCCCC(=O)NCCCN(C)C.NC(CCC(=O)O)C(=O)O. The first kappa shape index (κ1) is 36.5. The van der Waals surface area contributed by atoms with E-state index in [4.69, 9.17) is 15.9 Å². The number of nitrogens with zero attached hydrogens (tertiary/aromatic N) is 1. The molecule has 5 N–H and O–H groups in total. The standard InChI is InChI=1S/C23H48N2O.C5H9NO4/c1-4-5-6-7-8-9-10-11-12-13-14-15-16-17-18-20-23(26)24-21-19-22-25(2)3;6-3(5(9)10)1-2-4(7)8/h4-22H2,1-3H3,(H,24,26);3H,1-2,6H2,(H,7,8)(H,9,10). The number of nitrogens with two attached hydrogens (primary N) is 1. The smallest absolute Gasteiger partial charge is 0.320 e. The van der Waals surface area contributed by atoms with Gasteiger partial charge in [-0.15, -0.1) is 0 Å². The first-order valence-corrected chi connectivity index (χ1v) is 14.3. The van der Waals surface area contributed by atoms with Gasteiger partial charge in [0.2, 0.25) is 5.91 Å². The highest BCUT2D eigenvalue weighted by Crippen LogP contribution is 2.13. The minimum Gasteiger partial charge on any atom is -0.481 e. The van der Waals surface area contributed by atoms with Crippen LogP contribution in [0.3, 0.4) is 0 Å². The predicted octanol–water partition coefficient (Wildman–Crippen LogP) is 5.58. The minimum absolute atomic E-state index is 0.0231. The first-order chi connectivity index (χ1) is 17.2. The Hall–Kier alpha value is -1.67. The molecular weight excluding hydrogens is 458 g/mol. The Morgan fingerprint density at radius 3 is 1.56 bits per heavy atom. The molecule has 0 aromatic rings. The summed E-state index contributed by atoms with van der Waals surface area (Å²) in [7, 11) is 4.13. The van der Waals surface area contributed by atoms with Crippen LogP contribution in [0.25, 0.3) is 0 Å². The second-order valence-corrected chi connectivity index (χ2v) is 10.1. The third-order valence-electron chi connectivity index (χ3n) is 6.10. The van der Waals surface area contributed by atoms with Gasteiger partial charge in [0.25, 0.3) is 0 Å². The van der Waals surface area contributed by atoms with Gasteiger partial charge in [0, 0.05) is 19.4 Å². The number of hydrogen-bond donors (Lipinski definition) is 4. The molecule has 0 bridgehead atoms. The molecule has 1 unspecified atom stereocenters. The highest BCUT2D eigenvalue weighted by molar-refractivity contribution is 5.75. The van der Waals surface area contributed by atoms with Gasteiger partial charge in [0.15, 0.2) is 0 Å². The summed E-state index contributed by atoms with van der Waals surface area (Å²) >= 11 is 0. The van der Waals surface area contributed by atoms with E-state index >= 15 is 0 Å². The third-order valence-corrected chi connectivity index (χ3v) is 6.10. The topological polar surface area (TPSA) is 133 Å². The van der Waals surface area contributed by atoms with Gasteiger partial charge in [-0.1, -0.05) is 96.8 Å². The van der Waals surface area contributed by atoms with E-state index in [2.05, 4.69) is 31.2 Å². The van der Waals surface area contributed by atoms with Crippen LogP contribution >= 0.6 is 0 Å². The van der Waals surface area contributed by atoms with E-state index in [1.165, 1.54) is 89.9 Å². The number of carbonyl (C=O) groups is 3. The molecule has 0 spiro atoms. The van der Waals surface area contributed by atoms with Gasteiger partial charge in [-0.05, 0) is 39.9 Å². The Morgan fingerprint density at radius 2 is 1.17 bits per heavy atom. The molecule has 0 rings (SSSR count). The van der Waals surface area contributed by atoms with Crippen LogP contribution in [-0.4, -0.2) is 66.2 Å². The maximum Gasteiger partial charge on any atom is 0.320 e. The molecule has 0 aromatic heterocycles. The van der Waals surface area contributed by atoms with E-state index in [0.717, 1.165) is 25.9 Å². The number of unbranched alkanes of at least 4 members (excludes halogenated alkanes) is 14. The van der Waals surface area contributed by atoms with Crippen molar-refractivity contribution in [1.29, 1.82) is 0 Å². The summed E-state index contributed by atoms with van der Waals surface area (Å²) in [5.74, 6) is -1.96. The van der Waals surface area contributed by atoms with Crippen LogP contribution in [0.2, 0.25) is 0 Å². The number of carboxylic acid groups (broad SMARTS) is 2. The largest absolute Gasteiger partial charge is 0.481 e. The number of nitrogens with one attached hydrogen (secondary N) is 1. The van der Waals surface area contributed by atoms with Gasteiger partial charge in [-0.25, -0.2) is 0 Å². The molecule has 1 atom stereocenters. The fourth-order valence-electron chi connectivity index (χ4n) is 3.77. The van der Waals surface area contributed by atoms with Crippen LogP contribution in [0.5, 0.6) is 0 Å². The van der Waals surface area contributed by atoms with E-state index in [0.29, 0.717) is 6.42 Å². The summed E-state index contributed by atoms with van der Waals surface area (Å²) in [4.78, 5) is 33.7. The lowest BCUT2D eigenvalue weighted by atomic mass is 10.0. The maximum absolute atomic E-state index is 11.7. The van der Waals surface area contributed by atoms with Crippen LogP contribution in [0.4, 0.5) is 0 Å². The molecule has 0 aliphatic rings. The molecule has 36 heavy (non-hydrogen) atoms. The van der Waals surface area contributed by atoms with E-state index in [-0.39, 0.29) is 18.7 Å². The van der Waals surface area contributed by atoms with Crippen molar-refractivity contribution in [2.45, 2.75) is 135 Å². The van der Waals surface area contributed by atoms with Crippen molar-refractivity contribution in [1.82, 2.24) is 10.2 Å². The van der Waals surface area contributed by atoms with Crippen LogP contribution in [-0.2, 0) is 14.4 Å². The van der Waals surface area contributed by atoms with Gasteiger partial charge in [-0.2, -0.15) is 0 Å². The van der Waals surface area contributed by atoms with Crippen molar-refractivity contribution in [3.8, 4) is 0 Å². The van der Waals surface area contributed by atoms with Crippen molar-refractivity contribution in [3.05, 3.63) is 0 Å². The number of amides is 1. The number of carboxylic acids is 2. The normalized spacial score (nSPS) is 11.6. The quantitative estimate of drug-likeness (QED) is 0.123. The molecular formula is C28H57N3O5. The first-order valence-electron chi connectivity index (χ1n) is 14.3. The van der Waals surface area contributed by atoms with Crippen molar-refractivity contribution in [2.24, 2.45) is 5.73 Å². The Labute approximate surface area is 220 Å². The number of rotatable bonds is 24. The monoisotopic (exact) mass is 515 g/mol. The van der Waals surface area contributed by atoms with E-state index in [9.17, 15) is 14.4 Å². The Morgan fingerprint density at radius 1 is 0.722 bits per heavy atom. The second kappa shape index (κ2) is 27.9. The van der Waals surface area contributed by atoms with Crippen molar-refractivity contribution in [2.75, 3.05) is 27.2 Å². The summed E-state index contributed by atoms with van der Waals surface area (Å²) in [5.41, 5.74) is 5.00. The number of carbonyl (C=O) groups excluding carboxylic acids is 1. The summed E-state index contributed by atoms with van der Waals surface area (Å²) in [5, 5.41) is 19.3. The zero-order chi connectivity index (χ0) is 27.4. The fraction of sp³-hybridized carbons (Fsp3) is 0.893. The molecule has 0 aliphatic carbocycles. The maximum atomic E-state index is 11.7. The Bertz CT molecular complexity index is 529. The van der Waals surface area contributed by atoms with Crippen LogP contribution in [0, 0.1) is 0 Å². The molecule has 0 heterocycles. The lowest BCUT2D eigenvalue weighted by molar-refractivity contribution is -0.139. The number of hydrogen-bond acceptors (Lipinski definition) is 5. The summed E-state index contributed by atoms with van der Waals surface area (Å²) in [6.07, 6.45) is 22.1. The minimum atomic E-state index is -1.17. The zero-order valence-electron chi connectivity index (χ0n) is 23.6. The average Bonchev–Trinajstić information content (AvgIpc) is 2.82. The van der Waals surface area contributed by atoms with Crippen molar-refractivity contribution in [3.63, 3.8) is 0 Å². The fourth-order valence-corrected chi connectivity index (χ4v) is 3.77. The summed E-state index contributed by atoms with van der Waals surface area (Å²) in [6.45, 7) is 4.14.